The van der Waals surface area contributed by atoms with Crippen LogP contribution in [-0.2, 0) is 0 Å². The normalized spacial score (nSPS) is 21.6. The molecule has 0 amide bonds. The standard InChI is InChI=1S/C16H25FN2O/c1-12(2)19-8-7-13(11-19)9-18-10-16(20)14-5-3-4-6-15(14)17/h3-6,12-13,16,18,20H,7-11H2,1-2H3. The number of aliphatic hydroxyl groups is 1. The van der Waals surface area contributed by atoms with Gasteiger partial charge >= 0.3 is 0 Å². The number of nitrogens with zero attached hydrogens (tertiary/aromatic N) is 1. The number of nitrogens with one attached hydrogen (secondary N) is 1. The second-order valence-corrected chi connectivity index (χ2v) is 5.94. The Labute approximate surface area is 120 Å². The summed E-state index contributed by atoms with van der Waals surface area (Å²) in [6.07, 6.45) is 0.417. The third-order valence-corrected chi connectivity index (χ3v) is 4.08. The monoisotopic (exact) mass is 280 g/mol. The molecule has 2 rings (SSSR count). The highest BCUT2D eigenvalue weighted by Gasteiger charge is 2.24. The van der Waals surface area contributed by atoms with Crippen LogP contribution in [0.25, 0.3) is 0 Å². The highest BCUT2D eigenvalue weighted by molar-refractivity contribution is 5.19. The number of halogens is 1. The zero-order chi connectivity index (χ0) is 14.5. The fraction of sp³-hybridized carbons (Fsp3) is 0.625. The van der Waals surface area contributed by atoms with E-state index in [0.29, 0.717) is 24.1 Å². The number of likely N-dealkylation sites (tertiary alicyclic amines) is 1. The van der Waals surface area contributed by atoms with Gasteiger partial charge in [-0.05, 0) is 45.3 Å². The Balaban J connectivity index is 1.73. The lowest BCUT2D eigenvalue weighted by molar-refractivity contribution is 0.168. The molecule has 4 heteroatoms. The van der Waals surface area contributed by atoms with E-state index in [0.717, 1.165) is 19.6 Å². The Hall–Kier alpha value is -0.970. The number of benzene rings is 1. The molecule has 0 saturated carbocycles. The third kappa shape index (κ3) is 4.01. The molecule has 3 nitrogen and oxygen atoms in total. The molecule has 1 heterocycles. The first-order chi connectivity index (χ1) is 9.58. The van der Waals surface area contributed by atoms with Crippen molar-refractivity contribution in [3.63, 3.8) is 0 Å². The lowest BCUT2D eigenvalue weighted by atomic mass is 10.1. The second kappa shape index (κ2) is 7.16. The van der Waals surface area contributed by atoms with Crippen molar-refractivity contribution in [3.8, 4) is 0 Å². The summed E-state index contributed by atoms with van der Waals surface area (Å²) in [7, 11) is 0. The molecule has 1 saturated heterocycles. The minimum atomic E-state index is -0.779. The molecule has 2 N–H and O–H groups in total. The van der Waals surface area contributed by atoms with E-state index in [1.165, 1.54) is 12.5 Å². The molecule has 2 unspecified atom stereocenters. The van der Waals surface area contributed by atoms with Gasteiger partial charge in [-0.15, -0.1) is 0 Å². The molecule has 20 heavy (non-hydrogen) atoms. The molecule has 1 aromatic carbocycles. The van der Waals surface area contributed by atoms with E-state index < -0.39 is 6.10 Å². The molecule has 0 aliphatic carbocycles. The molecule has 0 aromatic heterocycles. The maximum atomic E-state index is 13.5. The van der Waals surface area contributed by atoms with E-state index in [1.54, 1.807) is 18.2 Å². The molecular formula is C16H25FN2O. The summed E-state index contributed by atoms with van der Waals surface area (Å²) >= 11 is 0. The van der Waals surface area contributed by atoms with Gasteiger partial charge in [0.1, 0.15) is 5.82 Å². The molecule has 0 bridgehead atoms. The van der Waals surface area contributed by atoms with E-state index >= 15 is 0 Å². The Morgan fingerprint density at radius 2 is 2.15 bits per heavy atom. The first kappa shape index (κ1) is 15.4. The Bertz CT molecular complexity index is 425. The number of hydrogen-bond donors (Lipinski definition) is 2. The topological polar surface area (TPSA) is 35.5 Å². The quantitative estimate of drug-likeness (QED) is 0.838. The minimum Gasteiger partial charge on any atom is -0.387 e. The van der Waals surface area contributed by atoms with E-state index in [2.05, 4.69) is 24.1 Å². The molecule has 0 spiro atoms. The van der Waals surface area contributed by atoms with Gasteiger partial charge in [0.25, 0.3) is 0 Å². The van der Waals surface area contributed by atoms with E-state index in [-0.39, 0.29) is 5.82 Å². The molecule has 1 aromatic rings. The fourth-order valence-corrected chi connectivity index (χ4v) is 2.78. The van der Waals surface area contributed by atoms with Gasteiger partial charge in [-0.1, -0.05) is 18.2 Å². The van der Waals surface area contributed by atoms with Crippen LogP contribution in [0.5, 0.6) is 0 Å². The first-order valence-corrected chi connectivity index (χ1v) is 7.45. The highest BCUT2D eigenvalue weighted by atomic mass is 19.1. The molecule has 112 valence electrons. The van der Waals surface area contributed by atoms with Gasteiger partial charge < -0.3 is 15.3 Å². The van der Waals surface area contributed by atoms with Crippen molar-refractivity contribution in [3.05, 3.63) is 35.6 Å². The Morgan fingerprint density at radius 3 is 2.80 bits per heavy atom. The van der Waals surface area contributed by atoms with Gasteiger partial charge in [0.2, 0.25) is 0 Å². The van der Waals surface area contributed by atoms with Gasteiger partial charge in [0, 0.05) is 24.7 Å². The van der Waals surface area contributed by atoms with Gasteiger partial charge in [-0.2, -0.15) is 0 Å². The second-order valence-electron chi connectivity index (χ2n) is 5.94. The Morgan fingerprint density at radius 1 is 1.40 bits per heavy atom. The summed E-state index contributed by atoms with van der Waals surface area (Å²) in [6.45, 7) is 7.99. The zero-order valence-corrected chi connectivity index (χ0v) is 12.3. The predicted molar refractivity (Wildman–Crippen MR) is 79.0 cm³/mol. The summed E-state index contributed by atoms with van der Waals surface area (Å²) in [6, 6.07) is 7.01. The van der Waals surface area contributed by atoms with Crippen molar-refractivity contribution in [2.75, 3.05) is 26.2 Å². The van der Waals surface area contributed by atoms with Gasteiger partial charge in [-0.3, -0.25) is 0 Å². The van der Waals surface area contributed by atoms with Crippen molar-refractivity contribution in [2.24, 2.45) is 5.92 Å². The molecule has 2 atom stereocenters. The van der Waals surface area contributed by atoms with Crippen LogP contribution in [0, 0.1) is 11.7 Å². The average molecular weight is 280 g/mol. The van der Waals surface area contributed by atoms with Crippen molar-refractivity contribution >= 4 is 0 Å². The largest absolute Gasteiger partial charge is 0.387 e. The van der Waals surface area contributed by atoms with Crippen molar-refractivity contribution in [1.82, 2.24) is 10.2 Å². The van der Waals surface area contributed by atoms with Crippen LogP contribution in [0.2, 0.25) is 0 Å². The van der Waals surface area contributed by atoms with Crippen LogP contribution in [0.4, 0.5) is 4.39 Å². The number of hydrogen-bond acceptors (Lipinski definition) is 3. The van der Waals surface area contributed by atoms with E-state index in [1.807, 2.05) is 0 Å². The van der Waals surface area contributed by atoms with E-state index in [4.69, 9.17) is 0 Å². The zero-order valence-electron chi connectivity index (χ0n) is 12.3. The van der Waals surface area contributed by atoms with Gasteiger partial charge in [0.15, 0.2) is 0 Å². The van der Waals surface area contributed by atoms with Gasteiger partial charge in [-0.25, -0.2) is 4.39 Å². The number of aliphatic hydroxyl groups excluding tert-OH is 1. The van der Waals surface area contributed by atoms with Crippen molar-refractivity contribution in [2.45, 2.75) is 32.4 Å². The van der Waals surface area contributed by atoms with Crippen molar-refractivity contribution < 1.29 is 9.50 Å². The molecular weight excluding hydrogens is 255 g/mol. The van der Waals surface area contributed by atoms with Crippen LogP contribution in [-0.4, -0.2) is 42.2 Å². The Kier molecular flexibility index (Phi) is 5.52. The summed E-state index contributed by atoms with van der Waals surface area (Å²) in [5.41, 5.74) is 0.371. The number of rotatable bonds is 6. The summed E-state index contributed by atoms with van der Waals surface area (Å²) < 4.78 is 13.5. The maximum Gasteiger partial charge on any atom is 0.129 e. The smallest absolute Gasteiger partial charge is 0.129 e. The van der Waals surface area contributed by atoms with Crippen LogP contribution in [0.3, 0.4) is 0 Å². The summed E-state index contributed by atoms with van der Waals surface area (Å²) in [4.78, 5) is 2.47. The SMILES string of the molecule is CC(C)N1CCC(CNCC(O)c2ccccc2F)C1. The summed E-state index contributed by atoms with van der Waals surface area (Å²) in [5.74, 6) is 0.291. The fourth-order valence-electron chi connectivity index (χ4n) is 2.78. The van der Waals surface area contributed by atoms with Crippen LogP contribution in [0.1, 0.15) is 31.9 Å². The summed E-state index contributed by atoms with van der Waals surface area (Å²) in [5, 5.41) is 13.3. The highest BCUT2D eigenvalue weighted by Crippen LogP contribution is 2.19. The van der Waals surface area contributed by atoms with Gasteiger partial charge in [0.05, 0.1) is 6.10 Å². The van der Waals surface area contributed by atoms with Crippen LogP contribution < -0.4 is 5.32 Å². The minimum absolute atomic E-state index is 0.339. The van der Waals surface area contributed by atoms with Crippen molar-refractivity contribution in [1.29, 1.82) is 0 Å². The van der Waals surface area contributed by atoms with E-state index in [9.17, 15) is 9.50 Å². The first-order valence-electron chi connectivity index (χ1n) is 7.45. The molecule has 1 aliphatic heterocycles. The lowest BCUT2D eigenvalue weighted by Crippen LogP contribution is -2.32. The lowest BCUT2D eigenvalue weighted by Gasteiger charge is -2.20. The third-order valence-electron chi connectivity index (χ3n) is 4.08. The maximum absolute atomic E-state index is 13.5. The predicted octanol–water partition coefficient (Wildman–Crippen LogP) is 2.18. The van der Waals surface area contributed by atoms with Crippen LogP contribution in [0.15, 0.2) is 24.3 Å². The molecule has 0 radical (unpaired) electrons. The van der Waals surface area contributed by atoms with Crippen LogP contribution >= 0.6 is 0 Å². The average Bonchev–Trinajstić information content (AvgIpc) is 2.88. The molecule has 1 aliphatic rings. The molecule has 1 fully saturated rings.